The summed E-state index contributed by atoms with van der Waals surface area (Å²) in [5, 5.41) is 19.6. The quantitative estimate of drug-likeness (QED) is 0.634. The lowest BCUT2D eigenvalue weighted by Gasteiger charge is -2.07. The fraction of sp³-hybridized carbons (Fsp3) is 0.312. The van der Waals surface area contributed by atoms with Crippen molar-refractivity contribution in [3.63, 3.8) is 0 Å². The van der Waals surface area contributed by atoms with Gasteiger partial charge in [-0.05, 0) is 37.5 Å². The zero-order chi connectivity index (χ0) is 15.6. The van der Waals surface area contributed by atoms with E-state index in [4.69, 9.17) is 10.8 Å². The summed E-state index contributed by atoms with van der Waals surface area (Å²) in [4.78, 5) is 14.0. The summed E-state index contributed by atoms with van der Waals surface area (Å²) in [6.45, 7) is 4.06. The van der Waals surface area contributed by atoms with Crippen LogP contribution in [0.4, 0.5) is 0 Å². The van der Waals surface area contributed by atoms with Crippen LogP contribution >= 0.6 is 0 Å². The molecule has 5 heteroatoms. The average Bonchev–Trinajstić information content (AvgIpc) is 2.82. The van der Waals surface area contributed by atoms with Gasteiger partial charge in [0.1, 0.15) is 11.8 Å². The van der Waals surface area contributed by atoms with Gasteiger partial charge in [-0.1, -0.05) is 17.7 Å². The van der Waals surface area contributed by atoms with E-state index in [2.05, 4.69) is 11.1 Å². The maximum absolute atomic E-state index is 10.9. The van der Waals surface area contributed by atoms with Crippen molar-refractivity contribution in [1.29, 1.82) is 0 Å². The number of phenols is 1. The summed E-state index contributed by atoms with van der Waals surface area (Å²) in [6, 6.07) is 2.53. The van der Waals surface area contributed by atoms with Crippen LogP contribution in [0.25, 0.3) is 10.9 Å². The van der Waals surface area contributed by atoms with Crippen LogP contribution in [0.5, 0.6) is 5.75 Å². The van der Waals surface area contributed by atoms with Gasteiger partial charge in [-0.2, -0.15) is 0 Å². The minimum atomic E-state index is -1.05. The highest BCUT2D eigenvalue weighted by Crippen LogP contribution is 2.31. The lowest BCUT2D eigenvalue weighted by Crippen LogP contribution is -2.32. The van der Waals surface area contributed by atoms with Gasteiger partial charge >= 0.3 is 5.97 Å². The van der Waals surface area contributed by atoms with E-state index in [-0.39, 0.29) is 12.2 Å². The molecule has 0 spiro atoms. The fourth-order valence-electron chi connectivity index (χ4n) is 2.33. The number of nitrogens with two attached hydrogens (primary N) is 1. The number of rotatable bonds is 5. The smallest absolute Gasteiger partial charge is 0.320 e. The van der Waals surface area contributed by atoms with Gasteiger partial charge in [0.2, 0.25) is 0 Å². The third-order valence-electron chi connectivity index (χ3n) is 3.47. The number of carbonyl (C=O) groups is 1. The average molecular weight is 288 g/mol. The number of aromatic nitrogens is 1. The second-order valence-electron chi connectivity index (χ2n) is 5.44. The van der Waals surface area contributed by atoms with Gasteiger partial charge in [0.05, 0.1) is 5.52 Å². The molecule has 1 unspecified atom stereocenters. The van der Waals surface area contributed by atoms with E-state index in [9.17, 15) is 9.90 Å². The number of phenolic OH excluding ortho intramolecular Hbond substituents is 1. The standard InChI is InChI=1S/C16H20N2O3/c1-9(2)3-4-10-5-6-13(19)14-11(8-18-15(10)14)7-12(17)16(20)21/h3,5-6,8,12,18-19H,4,7,17H2,1-2H3,(H,20,21). The maximum atomic E-state index is 10.9. The summed E-state index contributed by atoms with van der Waals surface area (Å²) in [6.07, 6.45) is 4.76. The normalized spacial score (nSPS) is 12.3. The SMILES string of the molecule is CC(C)=CCc1ccc(O)c2c(CC(N)C(=O)O)c[nH]c12. The van der Waals surface area contributed by atoms with Crippen LogP contribution in [0.3, 0.4) is 0 Å². The van der Waals surface area contributed by atoms with E-state index in [1.807, 2.05) is 19.9 Å². The van der Waals surface area contributed by atoms with E-state index < -0.39 is 12.0 Å². The Kier molecular flexibility index (Phi) is 4.33. The molecule has 0 aliphatic carbocycles. The zero-order valence-corrected chi connectivity index (χ0v) is 12.2. The van der Waals surface area contributed by atoms with Crippen LogP contribution < -0.4 is 5.73 Å². The van der Waals surface area contributed by atoms with Gasteiger partial charge in [-0.3, -0.25) is 4.79 Å². The molecule has 0 saturated carbocycles. The van der Waals surface area contributed by atoms with Crippen molar-refractivity contribution in [1.82, 2.24) is 4.98 Å². The minimum Gasteiger partial charge on any atom is -0.507 e. The number of aromatic hydroxyl groups is 1. The first-order valence-electron chi connectivity index (χ1n) is 6.82. The lowest BCUT2D eigenvalue weighted by atomic mass is 10.0. The number of aliphatic carboxylic acids is 1. The number of nitrogens with one attached hydrogen (secondary N) is 1. The largest absolute Gasteiger partial charge is 0.507 e. The van der Waals surface area contributed by atoms with E-state index in [1.165, 1.54) is 5.57 Å². The monoisotopic (exact) mass is 288 g/mol. The predicted octanol–water partition coefficient (Wildman–Crippen LogP) is 2.34. The number of aromatic amines is 1. The molecule has 2 rings (SSSR count). The van der Waals surface area contributed by atoms with Gasteiger partial charge < -0.3 is 20.9 Å². The Labute approximate surface area is 123 Å². The van der Waals surface area contributed by atoms with E-state index >= 15 is 0 Å². The summed E-state index contributed by atoms with van der Waals surface area (Å²) in [5.74, 6) is -0.913. The summed E-state index contributed by atoms with van der Waals surface area (Å²) < 4.78 is 0. The molecule has 21 heavy (non-hydrogen) atoms. The molecule has 5 N–H and O–H groups in total. The number of carboxylic acids is 1. The highest BCUT2D eigenvalue weighted by molar-refractivity contribution is 5.92. The second kappa shape index (κ2) is 6.01. The maximum Gasteiger partial charge on any atom is 0.320 e. The van der Waals surface area contributed by atoms with Crippen LogP contribution in [0, 0.1) is 0 Å². The van der Waals surface area contributed by atoms with E-state index in [0.29, 0.717) is 5.39 Å². The topological polar surface area (TPSA) is 99.3 Å². The molecule has 0 bridgehead atoms. The Hall–Kier alpha value is -2.27. The Balaban J connectivity index is 2.44. The fourth-order valence-corrected chi connectivity index (χ4v) is 2.33. The summed E-state index contributed by atoms with van der Waals surface area (Å²) in [7, 11) is 0. The Morgan fingerprint density at radius 2 is 2.10 bits per heavy atom. The number of hydrogen-bond acceptors (Lipinski definition) is 3. The molecule has 2 aromatic rings. The molecule has 112 valence electrons. The molecule has 0 radical (unpaired) electrons. The first-order chi connectivity index (χ1) is 9.90. The van der Waals surface area contributed by atoms with Crippen molar-refractivity contribution in [2.45, 2.75) is 32.7 Å². The highest BCUT2D eigenvalue weighted by atomic mass is 16.4. The molecular weight excluding hydrogens is 268 g/mol. The van der Waals surface area contributed by atoms with Crippen LogP contribution in [-0.2, 0) is 17.6 Å². The first kappa shape index (κ1) is 15.1. The second-order valence-corrected chi connectivity index (χ2v) is 5.44. The van der Waals surface area contributed by atoms with Gasteiger partial charge in [-0.15, -0.1) is 0 Å². The van der Waals surface area contributed by atoms with E-state index in [1.54, 1.807) is 12.3 Å². The molecule has 1 aromatic heterocycles. The number of fused-ring (bicyclic) bond motifs is 1. The van der Waals surface area contributed by atoms with Crippen LogP contribution in [0.2, 0.25) is 0 Å². The van der Waals surface area contributed by atoms with Crippen molar-refractivity contribution in [2.24, 2.45) is 5.73 Å². The molecule has 1 heterocycles. The van der Waals surface area contributed by atoms with Crippen molar-refractivity contribution in [3.05, 3.63) is 41.1 Å². The molecule has 1 atom stereocenters. The van der Waals surface area contributed by atoms with Gasteiger partial charge in [-0.25, -0.2) is 0 Å². The molecule has 0 aliphatic rings. The van der Waals surface area contributed by atoms with Crippen LogP contribution in [0.15, 0.2) is 30.0 Å². The summed E-state index contributed by atoms with van der Waals surface area (Å²) >= 11 is 0. The van der Waals surface area contributed by atoms with Gasteiger partial charge in [0, 0.05) is 18.0 Å². The minimum absolute atomic E-state index is 0.139. The predicted molar refractivity (Wildman–Crippen MR) is 82.4 cm³/mol. The third kappa shape index (κ3) is 3.25. The Morgan fingerprint density at radius 1 is 1.38 bits per heavy atom. The van der Waals surface area contributed by atoms with Crippen molar-refractivity contribution in [3.8, 4) is 5.75 Å². The van der Waals surface area contributed by atoms with Crippen molar-refractivity contribution in [2.75, 3.05) is 0 Å². The number of benzene rings is 1. The third-order valence-corrected chi connectivity index (χ3v) is 3.47. The van der Waals surface area contributed by atoms with Crippen molar-refractivity contribution >= 4 is 16.9 Å². The summed E-state index contributed by atoms with van der Waals surface area (Å²) in [5.41, 5.74) is 9.41. The molecular formula is C16H20N2O3. The van der Waals surface area contributed by atoms with Crippen molar-refractivity contribution < 1.29 is 15.0 Å². The van der Waals surface area contributed by atoms with E-state index in [0.717, 1.165) is 23.1 Å². The first-order valence-corrected chi connectivity index (χ1v) is 6.82. The van der Waals surface area contributed by atoms with Gasteiger partial charge in [0.25, 0.3) is 0 Å². The number of allylic oxidation sites excluding steroid dienone is 2. The molecule has 5 nitrogen and oxygen atoms in total. The molecule has 0 saturated heterocycles. The number of carboxylic acid groups (broad SMARTS) is 1. The number of hydrogen-bond donors (Lipinski definition) is 4. The number of H-pyrrole nitrogens is 1. The molecule has 0 amide bonds. The zero-order valence-electron chi connectivity index (χ0n) is 12.2. The Morgan fingerprint density at radius 3 is 2.71 bits per heavy atom. The van der Waals surface area contributed by atoms with Crippen LogP contribution in [-0.4, -0.2) is 27.2 Å². The molecule has 0 fully saturated rings. The molecule has 0 aliphatic heterocycles. The van der Waals surface area contributed by atoms with Gasteiger partial charge in [0.15, 0.2) is 0 Å². The Bertz CT molecular complexity index is 697. The lowest BCUT2D eigenvalue weighted by molar-refractivity contribution is -0.138. The highest BCUT2D eigenvalue weighted by Gasteiger charge is 2.17. The molecule has 1 aromatic carbocycles. The van der Waals surface area contributed by atoms with Crippen LogP contribution in [0.1, 0.15) is 25.0 Å².